The van der Waals surface area contributed by atoms with Crippen LogP contribution in [0.3, 0.4) is 0 Å². The van der Waals surface area contributed by atoms with Crippen LogP contribution in [0.15, 0.2) is 12.4 Å². The van der Waals surface area contributed by atoms with Gasteiger partial charge in [0.2, 0.25) is 0 Å². The number of nitrogens with two attached hydrogens (primary N) is 1. The molecule has 0 aliphatic rings. The van der Waals surface area contributed by atoms with Crippen molar-refractivity contribution in [3.63, 3.8) is 0 Å². The van der Waals surface area contributed by atoms with Crippen molar-refractivity contribution in [1.82, 2.24) is 9.55 Å². The molecule has 0 bridgehead atoms. The summed E-state index contributed by atoms with van der Waals surface area (Å²) in [4.78, 5) is 4.18. The Kier molecular flexibility index (Phi) is 3.29. The molecule has 0 amide bonds. The van der Waals surface area contributed by atoms with Crippen LogP contribution < -0.4 is 5.73 Å². The maximum atomic E-state index is 10.4. The Labute approximate surface area is 84.8 Å². The van der Waals surface area contributed by atoms with Gasteiger partial charge in [-0.05, 0) is 12.8 Å². The second kappa shape index (κ2) is 4.11. The number of aryl methyl sites for hydroxylation is 1. The van der Waals surface area contributed by atoms with Crippen molar-refractivity contribution in [2.75, 3.05) is 6.54 Å². The van der Waals surface area contributed by atoms with Gasteiger partial charge in [0.1, 0.15) is 11.4 Å². The van der Waals surface area contributed by atoms with Crippen LogP contribution in [0.4, 0.5) is 0 Å². The number of nitrogens with zero attached hydrogens (tertiary/aromatic N) is 2. The van der Waals surface area contributed by atoms with Crippen LogP contribution >= 0.6 is 0 Å². The average Bonchev–Trinajstić information content (AvgIpc) is 2.64. The van der Waals surface area contributed by atoms with Crippen molar-refractivity contribution >= 4 is 0 Å². The first-order valence-corrected chi connectivity index (χ1v) is 5.00. The maximum absolute atomic E-state index is 10.4. The van der Waals surface area contributed by atoms with Crippen LogP contribution in [-0.4, -0.2) is 21.2 Å². The summed E-state index contributed by atoms with van der Waals surface area (Å²) in [6.07, 6.45) is 3.56. The third-order valence-electron chi connectivity index (χ3n) is 2.71. The third kappa shape index (κ3) is 1.67. The van der Waals surface area contributed by atoms with Crippen molar-refractivity contribution in [1.29, 1.82) is 0 Å². The molecule has 1 unspecified atom stereocenters. The Bertz CT molecular complexity index is 295. The molecule has 14 heavy (non-hydrogen) atoms. The van der Waals surface area contributed by atoms with E-state index in [1.165, 1.54) is 0 Å². The van der Waals surface area contributed by atoms with Crippen molar-refractivity contribution < 1.29 is 5.11 Å². The minimum atomic E-state index is -1.01. The largest absolute Gasteiger partial charge is 0.380 e. The molecular formula is C10H19N3O. The van der Waals surface area contributed by atoms with E-state index in [9.17, 15) is 5.11 Å². The normalized spacial score (nSPS) is 15.9. The molecule has 0 aromatic carbocycles. The molecule has 4 heteroatoms. The van der Waals surface area contributed by atoms with Crippen molar-refractivity contribution in [3.05, 3.63) is 18.2 Å². The molecule has 1 heterocycles. The minimum absolute atomic E-state index is 0.0557. The minimum Gasteiger partial charge on any atom is -0.380 e. The summed E-state index contributed by atoms with van der Waals surface area (Å²) >= 11 is 0. The molecule has 0 saturated heterocycles. The molecule has 1 aromatic heterocycles. The lowest BCUT2D eigenvalue weighted by Gasteiger charge is -2.30. The Morgan fingerprint density at radius 1 is 1.64 bits per heavy atom. The van der Waals surface area contributed by atoms with E-state index in [2.05, 4.69) is 4.98 Å². The third-order valence-corrected chi connectivity index (χ3v) is 2.71. The molecule has 80 valence electrons. The molecule has 0 radical (unpaired) electrons. The predicted octanol–water partition coefficient (Wildman–Crippen LogP) is 0.705. The Hall–Kier alpha value is -0.870. The highest BCUT2D eigenvalue weighted by Gasteiger charge is 2.35. The second-order valence-electron chi connectivity index (χ2n) is 3.82. The molecule has 0 fully saturated rings. The standard InChI is InChI=1S/C10H19N3O/c1-4-13-6-5-12-9(13)10(14,7-11)8(2)3/h5-6,8,14H,4,7,11H2,1-3H3. The van der Waals surface area contributed by atoms with Crippen molar-refractivity contribution in [2.45, 2.75) is 32.9 Å². The quantitative estimate of drug-likeness (QED) is 0.747. The number of hydrogen-bond acceptors (Lipinski definition) is 3. The maximum Gasteiger partial charge on any atom is 0.142 e. The fourth-order valence-electron chi connectivity index (χ4n) is 1.53. The SMILES string of the molecule is CCn1ccnc1C(O)(CN)C(C)C. The van der Waals surface area contributed by atoms with Gasteiger partial charge in [-0.1, -0.05) is 13.8 Å². The van der Waals surface area contributed by atoms with Gasteiger partial charge in [-0.2, -0.15) is 0 Å². The van der Waals surface area contributed by atoms with Gasteiger partial charge in [-0.25, -0.2) is 4.98 Å². The van der Waals surface area contributed by atoms with Gasteiger partial charge >= 0.3 is 0 Å². The molecule has 0 aliphatic heterocycles. The lowest BCUT2D eigenvalue weighted by molar-refractivity contribution is -0.0125. The van der Waals surface area contributed by atoms with E-state index in [1.54, 1.807) is 6.20 Å². The molecule has 0 spiro atoms. The monoisotopic (exact) mass is 197 g/mol. The summed E-state index contributed by atoms with van der Waals surface area (Å²) in [5.74, 6) is 0.720. The molecule has 4 nitrogen and oxygen atoms in total. The summed E-state index contributed by atoms with van der Waals surface area (Å²) in [6, 6.07) is 0. The fourth-order valence-corrected chi connectivity index (χ4v) is 1.53. The van der Waals surface area contributed by atoms with Crippen LogP contribution in [0.25, 0.3) is 0 Å². The van der Waals surface area contributed by atoms with E-state index in [1.807, 2.05) is 31.5 Å². The molecule has 3 N–H and O–H groups in total. The zero-order chi connectivity index (χ0) is 10.8. The van der Waals surface area contributed by atoms with Gasteiger partial charge in [-0.15, -0.1) is 0 Å². The molecule has 1 rings (SSSR count). The Morgan fingerprint density at radius 3 is 2.71 bits per heavy atom. The van der Waals surface area contributed by atoms with Gasteiger partial charge in [-0.3, -0.25) is 0 Å². The summed E-state index contributed by atoms with van der Waals surface area (Å²) in [6.45, 7) is 6.90. The van der Waals surface area contributed by atoms with Gasteiger partial charge in [0.25, 0.3) is 0 Å². The molecule has 0 saturated carbocycles. The first-order chi connectivity index (χ1) is 6.56. The van der Waals surface area contributed by atoms with E-state index in [4.69, 9.17) is 5.73 Å². The van der Waals surface area contributed by atoms with Crippen LogP contribution in [0, 0.1) is 5.92 Å². The van der Waals surface area contributed by atoms with E-state index in [0.717, 1.165) is 6.54 Å². The molecule has 1 atom stereocenters. The average molecular weight is 197 g/mol. The zero-order valence-corrected chi connectivity index (χ0v) is 9.07. The van der Waals surface area contributed by atoms with Crippen LogP contribution in [0.5, 0.6) is 0 Å². The van der Waals surface area contributed by atoms with E-state index in [0.29, 0.717) is 5.82 Å². The second-order valence-corrected chi connectivity index (χ2v) is 3.82. The van der Waals surface area contributed by atoms with Gasteiger partial charge in [0, 0.05) is 25.5 Å². The van der Waals surface area contributed by atoms with Crippen LogP contribution in [0.1, 0.15) is 26.6 Å². The van der Waals surface area contributed by atoms with Crippen LogP contribution in [-0.2, 0) is 12.1 Å². The predicted molar refractivity (Wildman–Crippen MR) is 55.7 cm³/mol. The van der Waals surface area contributed by atoms with Crippen LogP contribution in [0.2, 0.25) is 0 Å². The number of hydrogen-bond donors (Lipinski definition) is 2. The van der Waals surface area contributed by atoms with Crippen molar-refractivity contribution in [2.24, 2.45) is 11.7 Å². The molecule has 1 aromatic rings. The topological polar surface area (TPSA) is 64.1 Å². The first-order valence-electron chi connectivity index (χ1n) is 5.00. The number of rotatable bonds is 4. The molecule has 0 aliphatic carbocycles. The number of aliphatic hydroxyl groups is 1. The number of aromatic nitrogens is 2. The first kappa shape index (κ1) is 11.2. The molecular weight excluding hydrogens is 178 g/mol. The van der Waals surface area contributed by atoms with Gasteiger partial charge in [0.05, 0.1) is 0 Å². The lowest BCUT2D eigenvalue weighted by atomic mass is 9.89. The Morgan fingerprint density at radius 2 is 2.29 bits per heavy atom. The van der Waals surface area contributed by atoms with Gasteiger partial charge in [0.15, 0.2) is 0 Å². The highest BCUT2D eigenvalue weighted by atomic mass is 16.3. The summed E-state index contributed by atoms with van der Waals surface area (Å²) in [7, 11) is 0. The summed E-state index contributed by atoms with van der Waals surface area (Å²) in [5, 5.41) is 10.4. The highest BCUT2D eigenvalue weighted by molar-refractivity contribution is 5.07. The lowest BCUT2D eigenvalue weighted by Crippen LogP contribution is -2.42. The highest BCUT2D eigenvalue weighted by Crippen LogP contribution is 2.26. The van der Waals surface area contributed by atoms with E-state index >= 15 is 0 Å². The van der Waals surface area contributed by atoms with Gasteiger partial charge < -0.3 is 15.4 Å². The fraction of sp³-hybridized carbons (Fsp3) is 0.700. The Balaban J connectivity index is 3.11. The van der Waals surface area contributed by atoms with E-state index < -0.39 is 5.60 Å². The van der Waals surface area contributed by atoms with Crippen molar-refractivity contribution in [3.8, 4) is 0 Å². The summed E-state index contributed by atoms with van der Waals surface area (Å²) < 4.78 is 1.92. The zero-order valence-electron chi connectivity index (χ0n) is 9.07. The number of imidazole rings is 1. The summed E-state index contributed by atoms with van der Waals surface area (Å²) in [5.41, 5.74) is 4.61. The van der Waals surface area contributed by atoms with E-state index in [-0.39, 0.29) is 12.5 Å². The smallest absolute Gasteiger partial charge is 0.142 e.